The Kier molecular flexibility index (Phi) is 5.33. The van der Waals surface area contributed by atoms with Gasteiger partial charge in [-0.2, -0.15) is 0 Å². The van der Waals surface area contributed by atoms with Gasteiger partial charge in [0.15, 0.2) is 11.5 Å². The number of rotatable bonds is 4. The number of piperazine rings is 1. The van der Waals surface area contributed by atoms with E-state index in [9.17, 15) is 4.39 Å². The fourth-order valence-electron chi connectivity index (χ4n) is 4.04. The molecule has 3 aromatic rings. The summed E-state index contributed by atoms with van der Waals surface area (Å²) in [4.78, 5) is 13.4. The largest absolute Gasteiger partial charge is 0.486 e. The van der Waals surface area contributed by atoms with E-state index in [0.29, 0.717) is 40.7 Å². The lowest BCUT2D eigenvalue weighted by Crippen LogP contribution is -2.49. The highest BCUT2D eigenvalue weighted by Gasteiger charge is 2.26. The van der Waals surface area contributed by atoms with Gasteiger partial charge in [0.05, 0.1) is 11.2 Å². The molecular formula is C23H26FN5O2. The highest BCUT2D eigenvalue weighted by atomic mass is 19.1. The average molecular weight is 423 g/mol. The van der Waals surface area contributed by atoms with Crippen molar-refractivity contribution in [3.8, 4) is 11.5 Å². The third-order valence-electron chi connectivity index (χ3n) is 5.92. The Morgan fingerprint density at radius 1 is 1.13 bits per heavy atom. The van der Waals surface area contributed by atoms with Gasteiger partial charge in [-0.1, -0.05) is 12.1 Å². The topological polar surface area (TPSA) is 62.8 Å². The Morgan fingerprint density at radius 3 is 2.81 bits per heavy atom. The monoisotopic (exact) mass is 423 g/mol. The third-order valence-corrected chi connectivity index (χ3v) is 5.92. The molecule has 0 amide bonds. The lowest BCUT2D eigenvalue weighted by Gasteiger charge is -2.36. The van der Waals surface area contributed by atoms with E-state index < -0.39 is 0 Å². The van der Waals surface area contributed by atoms with Crippen LogP contribution in [0.4, 0.5) is 15.9 Å². The van der Waals surface area contributed by atoms with E-state index in [1.807, 2.05) is 18.2 Å². The molecule has 1 aromatic heterocycles. The number of benzene rings is 2. The molecule has 2 aromatic carbocycles. The van der Waals surface area contributed by atoms with E-state index in [0.717, 1.165) is 38.1 Å². The number of ether oxygens (including phenoxy) is 2. The second-order valence-electron chi connectivity index (χ2n) is 8.25. The van der Waals surface area contributed by atoms with Crippen LogP contribution in [0.25, 0.3) is 10.9 Å². The van der Waals surface area contributed by atoms with Crippen LogP contribution in [0.3, 0.4) is 0 Å². The molecule has 7 nitrogen and oxygen atoms in total. The van der Waals surface area contributed by atoms with Crippen LogP contribution in [-0.4, -0.2) is 72.3 Å². The quantitative estimate of drug-likeness (QED) is 0.691. The molecule has 1 atom stereocenters. The van der Waals surface area contributed by atoms with Gasteiger partial charge in [0, 0.05) is 44.2 Å². The van der Waals surface area contributed by atoms with Gasteiger partial charge in [0.2, 0.25) is 0 Å². The van der Waals surface area contributed by atoms with Crippen molar-refractivity contribution in [3.05, 3.63) is 48.0 Å². The summed E-state index contributed by atoms with van der Waals surface area (Å²) in [6, 6.07) is 8.99. The number of nitrogens with zero attached hydrogens (tertiary/aromatic N) is 4. The molecule has 0 saturated carbocycles. The van der Waals surface area contributed by atoms with Crippen molar-refractivity contribution in [3.63, 3.8) is 0 Å². The first-order valence-corrected chi connectivity index (χ1v) is 10.6. The zero-order chi connectivity index (χ0) is 21.4. The van der Waals surface area contributed by atoms with Gasteiger partial charge in [-0.05, 0) is 31.7 Å². The van der Waals surface area contributed by atoms with Gasteiger partial charge in [0.1, 0.15) is 30.7 Å². The number of anilines is 2. The van der Waals surface area contributed by atoms with Gasteiger partial charge in [-0.15, -0.1) is 0 Å². The molecule has 162 valence electrons. The number of hydrogen-bond acceptors (Lipinski definition) is 7. The highest BCUT2D eigenvalue weighted by molar-refractivity contribution is 5.93. The minimum absolute atomic E-state index is 0.0383. The number of aromatic nitrogens is 2. The normalized spacial score (nSPS) is 19.5. The van der Waals surface area contributed by atoms with E-state index in [1.54, 1.807) is 19.1 Å². The summed E-state index contributed by atoms with van der Waals surface area (Å²) in [7, 11) is 2.15. The molecule has 0 radical (unpaired) electrons. The van der Waals surface area contributed by atoms with Crippen LogP contribution in [0.5, 0.6) is 11.5 Å². The Hall–Kier alpha value is -2.97. The number of aryl methyl sites for hydroxylation is 1. The fraction of sp³-hybridized carbons (Fsp3) is 0.391. The Balaban J connectivity index is 1.39. The number of halogens is 1. The van der Waals surface area contributed by atoms with Crippen LogP contribution in [0.15, 0.2) is 36.7 Å². The first-order valence-electron chi connectivity index (χ1n) is 10.6. The lowest BCUT2D eigenvalue weighted by molar-refractivity contribution is 0.0442. The van der Waals surface area contributed by atoms with Gasteiger partial charge in [0.25, 0.3) is 0 Å². The first-order chi connectivity index (χ1) is 15.1. The molecule has 2 aliphatic rings. The molecule has 0 spiro atoms. The van der Waals surface area contributed by atoms with Crippen LogP contribution in [0.1, 0.15) is 5.56 Å². The number of fused-ring (bicyclic) bond motifs is 2. The second kappa shape index (κ2) is 8.28. The van der Waals surface area contributed by atoms with Crippen LogP contribution < -0.4 is 14.8 Å². The van der Waals surface area contributed by atoms with Crippen molar-refractivity contribution < 1.29 is 13.9 Å². The molecule has 1 saturated heterocycles. The SMILES string of the molecule is Cc1cccc(Nc2ncnc3cc4c(cc23)O[C@@H](CN2CCN(C)CC2)CO4)c1F. The molecule has 2 aliphatic heterocycles. The summed E-state index contributed by atoms with van der Waals surface area (Å²) in [5.41, 5.74) is 1.66. The number of nitrogens with one attached hydrogen (secondary N) is 1. The zero-order valence-electron chi connectivity index (χ0n) is 17.8. The van der Waals surface area contributed by atoms with Crippen molar-refractivity contribution in [2.75, 3.05) is 51.7 Å². The smallest absolute Gasteiger partial charge is 0.163 e. The Labute approximate surface area is 180 Å². The van der Waals surface area contributed by atoms with Crippen LogP contribution >= 0.6 is 0 Å². The molecule has 3 heterocycles. The maximum Gasteiger partial charge on any atom is 0.163 e. The van der Waals surface area contributed by atoms with Crippen molar-refractivity contribution >= 4 is 22.4 Å². The van der Waals surface area contributed by atoms with Gasteiger partial charge < -0.3 is 19.7 Å². The number of hydrogen-bond donors (Lipinski definition) is 1. The van der Waals surface area contributed by atoms with Crippen LogP contribution in [-0.2, 0) is 0 Å². The highest BCUT2D eigenvalue weighted by Crippen LogP contribution is 2.38. The van der Waals surface area contributed by atoms with E-state index in [4.69, 9.17) is 9.47 Å². The van der Waals surface area contributed by atoms with Gasteiger partial charge >= 0.3 is 0 Å². The zero-order valence-corrected chi connectivity index (χ0v) is 17.8. The van der Waals surface area contributed by atoms with Crippen LogP contribution in [0.2, 0.25) is 0 Å². The molecule has 31 heavy (non-hydrogen) atoms. The van der Waals surface area contributed by atoms with E-state index >= 15 is 0 Å². The fourth-order valence-corrected chi connectivity index (χ4v) is 4.04. The first kappa shape index (κ1) is 20.0. The molecule has 5 rings (SSSR count). The summed E-state index contributed by atoms with van der Waals surface area (Å²) in [5.74, 6) is 1.58. The molecule has 0 bridgehead atoms. The van der Waals surface area contributed by atoms with E-state index in [-0.39, 0.29) is 11.9 Å². The maximum absolute atomic E-state index is 14.5. The van der Waals surface area contributed by atoms with Crippen molar-refractivity contribution in [1.82, 2.24) is 19.8 Å². The van der Waals surface area contributed by atoms with Crippen molar-refractivity contribution in [2.24, 2.45) is 0 Å². The summed E-state index contributed by atoms with van der Waals surface area (Å²) >= 11 is 0. The maximum atomic E-state index is 14.5. The van der Waals surface area contributed by atoms with Crippen molar-refractivity contribution in [2.45, 2.75) is 13.0 Å². The number of likely N-dealkylation sites (N-methyl/N-ethyl adjacent to an activating group) is 1. The Morgan fingerprint density at radius 2 is 1.97 bits per heavy atom. The standard InChI is InChI=1S/C23H26FN5O2/c1-15-4-3-5-18(22(15)24)27-23-17-10-21-20(11-19(17)25-14-26-23)30-13-16(31-21)12-29-8-6-28(2)7-9-29/h3-5,10-11,14,16H,6-9,12-13H2,1-2H3,(H,25,26,27)/t16-/m0/s1. The summed E-state index contributed by atoms with van der Waals surface area (Å²) in [5, 5.41) is 3.86. The molecule has 8 heteroatoms. The van der Waals surface area contributed by atoms with E-state index in [1.165, 1.54) is 6.33 Å². The molecule has 0 aliphatic carbocycles. The molecule has 1 N–H and O–H groups in total. The molecule has 1 fully saturated rings. The van der Waals surface area contributed by atoms with Gasteiger partial charge in [-0.25, -0.2) is 14.4 Å². The summed E-state index contributed by atoms with van der Waals surface area (Å²) in [6.45, 7) is 7.27. The van der Waals surface area contributed by atoms with E-state index in [2.05, 4.69) is 32.1 Å². The second-order valence-corrected chi connectivity index (χ2v) is 8.25. The summed E-state index contributed by atoms with van der Waals surface area (Å²) in [6.07, 6.45) is 1.42. The molecular weight excluding hydrogens is 397 g/mol. The Bertz CT molecular complexity index is 1100. The predicted octanol–water partition coefficient (Wildman–Crippen LogP) is 3.21. The predicted molar refractivity (Wildman–Crippen MR) is 118 cm³/mol. The van der Waals surface area contributed by atoms with Crippen molar-refractivity contribution in [1.29, 1.82) is 0 Å². The molecule has 0 unspecified atom stereocenters. The van der Waals surface area contributed by atoms with Gasteiger partial charge in [-0.3, -0.25) is 4.90 Å². The average Bonchev–Trinajstić information content (AvgIpc) is 2.77. The summed E-state index contributed by atoms with van der Waals surface area (Å²) < 4.78 is 26.8. The minimum atomic E-state index is -0.293. The minimum Gasteiger partial charge on any atom is -0.486 e. The third kappa shape index (κ3) is 4.13. The lowest BCUT2D eigenvalue weighted by atomic mass is 10.1. The van der Waals surface area contributed by atoms with Crippen LogP contribution in [0, 0.1) is 12.7 Å².